The molecule has 7 heteroatoms. The summed E-state index contributed by atoms with van der Waals surface area (Å²) in [5, 5.41) is 0.641. The monoisotopic (exact) mass is 396 g/mol. The Morgan fingerprint density at radius 2 is 2.29 bits per heavy atom. The molecule has 0 radical (unpaired) electrons. The summed E-state index contributed by atoms with van der Waals surface area (Å²) in [5.41, 5.74) is 5.87. The quantitative estimate of drug-likeness (QED) is 0.848. The predicted octanol–water partition coefficient (Wildman–Crippen LogP) is 3.24. The summed E-state index contributed by atoms with van der Waals surface area (Å²) in [6, 6.07) is 5.42. The highest BCUT2D eigenvalue weighted by Gasteiger charge is 2.20. The second kappa shape index (κ2) is 8.83. The summed E-state index contributed by atoms with van der Waals surface area (Å²) in [4.78, 5) is 13.9. The molecule has 0 spiro atoms. The molecule has 1 fully saturated rings. The van der Waals surface area contributed by atoms with Crippen molar-refractivity contribution in [1.29, 1.82) is 0 Å². The van der Waals surface area contributed by atoms with E-state index in [4.69, 9.17) is 22.1 Å². The van der Waals surface area contributed by atoms with E-state index in [0.29, 0.717) is 30.3 Å². The molecule has 1 saturated heterocycles. The number of amides is 1. The van der Waals surface area contributed by atoms with Crippen LogP contribution in [0.15, 0.2) is 22.7 Å². The van der Waals surface area contributed by atoms with Gasteiger partial charge in [0, 0.05) is 24.2 Å². The van der Waals surface area contributed by atoms with Crippen LogP contribution >= 0.6 is 39.9 Å². The zero-order valence-corrected chi connectivity index (χ0v) is 14.7. The van der Waals surface area contributed by atoms with Crippen LogP contribution < -0.4 is 10.5 Å². The van der Waals surface area contributed by atoms with Gasteiger partial charge in [0.25, 0.3) is 0 Å². The number of rotatable bonds is 4. The van der Waals surface area contributed by atoms with Gasteiger partial charge in [-0.2, -0.15) is 0 Å². The van der Waals surface area contributed by atoms with E-state index >= 15 is 0 Å². The van der Waals surface area contributed by atoms with E-state index < -0.39 is 0 Å². The van der Waals surface area contributed by atoms with Gasteiger partial charge >= 0.3 is 0 Å². The van der Waals surface area contributed by atoms with Crippen molar-refractivity contribution in [3.8, 4) is 5.75 Å². The van der Waals surface area contributed by atoms with Gasteiger partial charge in [0.15, 0.2) is 0 Å². The van der Waals surface area contributed by atoms with Crippen molar-refractivity contribution in [3.63, 3.8) is 0 Å². The minimum absolute atomic E-state index is 0. The van der Waals surface area contributed by atoms with Crippen molar-refractivity contribution >= 4 is 45.8 Å². The van der Waals surface area contributed by atoms with Gasteiger partial charge < -0.3 is 15.4 Å². The molecule has 118 valence electrons. The van der Waals surface area contributed by atoms with Crippen molar-refractivity contribution in [3.05, 3.63) is 27.7 Å². The van der Waals surface area contributed by atoms with Gasteiger partial charge in [-0.15, -0.1) is 12.4 Å². The van der Waals surface area contributed by atoms with Crippen LogP contribution in [0.1, 0.15) is 19.3 Å². The number of hydrogen-bond acceptors (Lipinski definition) is 3. The molecule has 1 aromatic carbocycles. The van der Waals surface area contributed by atoms with E-state index in [2.05, 4.69) is 15.9 Å². The first-order valence-electron chi connectivity index (χ1n) is 6.67. The maximum absolute atomic E-state index is 12.0. The van der Waals surface area contributed by atoms with E-state index in [1.54, 1.807) is 18.2 Å². The van der Waals surface area contributed by atoms with Crippen LogP contribution in [0, 0.1) is 0 Å². The first-order chi connectivity index (χ1) is 9.56. The fourth-order valence-electron chi connectivity index (χ4n) is 2.24. The van der Waals surface area contributed by atoms with E-state index in [-0.39, 0.29) is 24.4 Å². The van der Waals surface area contributed by atoms with E-state index in [0.717, 1.165) is 23.9 Å². The van der Waals surface area contributed by atoms with Gasteiger partial charge in [0.2, 0.25) is 5.91 Å². The lowest BCUT2D eigenvalue weighted by molar-refractivity contribution is -0.132. The molecule has 1 amide bonds. The smallest absolute Gasteiger partial charge is 0.226 e. The van der Waals surface area contributed by atoms with Crippen LogP contribution in [-0.2, 0) is 4.79 Å². The lowest BCUT2D eigenvalue weighted by Gasteiger charge is -2.30. The summed E-state index contributed by atoms with van der Waals surface area (Å²) in [6.45, 7) is 1.81. The van der Waals surface area contributed by atoms with Gasteiger partial charge in [-0.05, 0) is 47.0 Å². The molecule has 1 aliphatic heterocycles. The number of carbonyl (C=O) groups excluding carboxylic acids is 1. The average molecular weight is 398 g/mol. The summed E-state index contributed by atoms with van der Waals surface area (Å²) >= 11 is 9.24. The Bertz CT molecular complexity index is 488. The zero-order valence-electron chi connectivity index (χ0n) is 11.6. The van der Waals surface area contributed by atoms with Crippen LogP contribution in [0.4, 0.5) is 0 Å². The second-order valence-corrected chi connectivity index (χ2v) is 6.21. The molecule has 0 aromatic heterocycles. The Morgan fingerprint density at radius 1 is 1.52 bits per heavy atom. The molecule has 1 unspecified atom stereocenters. The summed E-state index contributed by atoms with van der Waals surface area (Å²) in [6.07, 6.45) is 2.34. The van der Waals surface area contributed by atoms with Crippen LogP contribution in [0.25, 0.3) is 0 Å². The fourth-order valence-corrected chi connectivity index (χ4v) is 3.03. The van der Waals surface area contributed by atoms with Gasteiger partial charge in [-0.25, -0.2) is 0 Å². The zero-order chi connectivity index (χ0) is 14.5. The van der Waals surface area contributed by atoms with Crippen molar-refractivity contribution in [2.75, 3.05) is 19.7 Å². The number of likely N-dealkylation sites (tertiary alicyclic amines) is 1. The number of hydrogen-bond donors (Lipinski definition) is 1. The minimum atomic E-state index is 0. The normalized spacial score (nSPS) is 18.0. The molecule has 1 aliphatic rings. The Hall–Kier alpha value is -0.490. The largest absolute Gasteiger partial charge is 0.492 e. The number of halogens is 3. The van der Waals surface area contributed by atoms with Crippen molar-refractivity contribution < 1.29 is 9.53 Å². The minimum Gasteiger partial charge on any atom is -0.492 e. The van der Waals surface area contributed by atoms with Crippen LogP contribution in [0.2, 0.25) is 5.02 Å². The average Bonchev–Trinajstić information content (AvgIpc) is 2.41. The third-order valence-corrected chi connectivity index (χ3v) is 4.13. The Morgan fingerprint density at radius 3 is 2.95 bits per heavy atom. The van der Waals surface area contributed by atoms with Gasteiger partial charge in [-0.3, -0.25) is 4.79 Å². The number of benzene rings is 1. The molecule has 2 N–H and O–H groups in total. The topological polar surface area (TPSA) is 55.6 Å². The Balaban J connectivity index is 0.00000220. The molecular weight excluding hydrogens is 379 g/mol. The predicted molar refractivity (Wildman–Crippen MR) is 90.3 cm³/mol. The molecular formula is C14H19BrCl2N2O2. The molecule has 2 rings (SSSR count). The highest BCUT2D eigenvalue weighted by atomic mass is 79.9. The van der Waals surface area contributed by atoms with E-state index in [1.165, 1.54) is 0 Å². The molecule has 0 saturated carbocycles. The van der Waals surface area contributed by atoms with Crippen LogP contribution in [-0.4, -0.2) is 36.5 Å². The number of ether oxygens (including phenoxy) is 1. The van der Waals surface area contributed by atoms with Crippen LogP contribution in [0.5, 0.6) is 5.75 Å². The standard InChI is InChI=1S/C14H18BrClN2O2.ClH/c15-12-8-10(16)3-4-13(12)20-7-5-14(19)18-6-1-2-11(17)9-18;/h3-4,8,11H,1-2,5-7,9,17H2;1H. The number of piperidine rings is 1. The molecule has 0 aliphatic carbocycles. The fraction of sp³-hybridized carbons (Fsp3) is 0.500. The highest BCUT2D eigenvalue weighted by molar-refractivity contribution is 9.10. The second-order valence-electron chi connectivity index (χ2n) is 4.92. The molecule has 0 bridgehead atoms. The van der Waals surface area contributed by atoms with Gasteiger partial charge in [0.1, 0.15) is 5.75 Å². The molecule has 4 nitrogen and oxygen atoms in total. The number of nitrogens with zero attached hydrogens (tertiary/aromatic N) is 1. The molecule has 1 heterocycles. The van der Waals surface area contributed by atoms with Crippen molar-refractivity contribution in [1.82, 2.24) is 4.90 Å². The lowest BCUT2D eigenvalue weighted by Crippen LogP contribution is -2.46. The summed E-state index contributed by atoms with van der Waals surface area (Å²) in [5.74, 6) is 0.794. The maximum Gasteiger partial charge on any atom is 0.226 e. The maximum atomic E-state index is 12.0. The summed E-state index contributed by atoms with van der Waals surface area (Å²) in [7, 11) is 0. The third kappa shape index (κ3) is 5.66. The van der Waals surface area contributed by atoms with Crippen LogP contribution in [0.3, 0.4) is 0 Å². The number of nitrogens with two attached hydrogens (primary N) is 1. The molecule has 1 aromatic rings. The van der Waals surface area contributed by atoms with Crippen molar-refractivity contribution in [2.24, 2.45) is 5.73 Å². The molecule has 21 heavy (non-hydrogen) atoms. The SMILES string of the molecule is Cl.NC1CCCN(C(=O)CCOc2ccc(Cl)cc2Br)C1. The Labute approximate surface area is 144 Å². The third-order valence-electron chi connectivity index (χ3n) is 3.28. The number of carbonyl (C=O) groups is 1. The van der Waals surface area contributed by atoms with Gasteiger partial charge in [0.05, 0.1) is 17.5 Å². The Kier molecular flexibility index (Phi) is 7.81. The lowest BCUT2D eigenvalue weighted by atomic mass is 10.1. The van der Waals surface area contributed by atoms with E-state index in [1.807, 2.05) is 4.90 Å². The van der Waals surface area contributed by atoms with E-state index in [9.17, 15) is 4.79 Å². The summed E-state index contributed by atoms with van der Waals surface area (Å²) < 4.78 is 6.39. The first-order valence-corrected chi connectivity index (χ1v) is 7.84. The van der Waals surface area contributed by atoms with Gasteiger partial charge in [-0.1, -0.05) is 11.6 Å². The first kappa shape index (κ1) is 18.6. The highest BCUT2D eigenvalue weighted by Crippen LogP contribution is 2.28. The molecule has 1 atom stereocenters. The van der Waals surface area contributed by atoms with Crippen molar-refractivity contribution in [2.45, 2.75) is 25.3 Å².